The molecule has 0 heterocycles. The molecule has 1 aliphatic rings. The van der Waals surface area contributed by atoms with Crippen molar-refractivity contribution < 1.29 is 9.53 Å². The number of hydrogen-bond acceptors (Lipinski definition) is 3. The molecule has 1 saturated carbocycles. The van der Waals surface area contributed by atoms with Gasteiger partial charge in [0.2, 0.25) is 0 Å². The van der Waals surface area contributed by atoms with Gasteiger partial charge in [-0.15, -0.1) is 0 Å². The number of carbonyl (C=O) groups excluding carboxylic acids is 1. The molecule has 21 heavy (non-hydrogen) atoms. The predicted octanol–water partition coefficient (Wildman–Crippen LogP) is 3.03. The van der Waals surface area contributed by atoms with E-state index in [1.165, 1.54) is 6.42 Å². The van der Waals surface area contributed by atoms with Gasteiger partial charge < -0.3 is 15.0 Å². The smallest absolute Gasteiger partial charge is 0.407 e. The zero-order valence-electron chi connectivity index (χ0n) is 13.0. The van der Waals surface area contributed by atoms with Gasteiger partial charge in [0.05, 0.1) is 0 Å². The molecule has 4 nitrogen and oxygen atoms in total. The Hall–Kier alpha value is -1.55. The minimum Gasteiger partial charge on any atom is -0.445 e. The monoisotopic (exact) mass is 290 g/mol. The quantitative estimate of drug-likeness (QED) is 0.875. The maximum absolute atomic E-state index is 11.8. The van der Waals surface area contributed by atoms with E-state index in [1.807, 2.05) is 30.3 Å². The maximum Gasteiger partial charge on any atom is 0.407 e. The first kappa shape index (κ1) is 15.8. The number of nitrogens with zero attached hydrogens (tertiary/aromatic N) is 1. The molecule has 0 aromatic heterocycles. The number of ether oxygens (including phenoxy) is 1. The van der Waals surface area contributed by atoms with Crippen LogP contribution in [-0.4, -0.2) is 37.2 Å². The van der Waals surface area contributed by atoms with Crippen molar-refractivity contribution in [1.29, 1.82) is 0 Å². The molecule has 0 aliphatic heterocycles. The van der Waals surface area contributed by atoms with Gasteiger partial charge in [0.25, 0.3) is 0 Å². The first-order chi connectivity index (χ1) is 10.2. The third kappa shape index (κ3) is 5.38. The molecule has 0 saturated heterocycles. The molecule has 1 aliphatic carbocycles. The molecular weight excluding hydrogens is 264 g/mol. The summed E-state index contributed by atoms with van der Waals surface area (Å²) in [4.78, 5) is 14.1. The van der Waals surface area contributed by atoms with Crippen molar-refractivity contribution >= 4 is 6.09 Å². The summed E-state index contributed by atoms with van der Waals surface area (Å²) in [7, 11) is 2.15. The van der Waals surface area contributed by atoms with Gasteiger partial charge >= 0.3 is 6.09 Å². The maximum atomic E-state index is 11.8. The normalized spacial score (nSPS) is 21.5. The van der Waals surface area contributed by atoms with Gasteiger partial charge in [-0.3, -0.25) is 0 Å². The van der Waals surface area contributed by atoms with Crippen LogP contribution in [0.3, 0.4) is 0 Å². The minimum atomic E-state index is -0.298. The van der Waals surface area contributed by atoms with Crippen LogP contribution in [-0.2, 0) is 11.3 Å². The summed E-state index contributed by atoms with van der Waals surface area (Å²) in [5.41, 5.74) is 1.02. The highest BCUT2D eigenvalue weighted by atomic mass is 16.5. The molecule has 2 atom stereocenters. The summed E-state index contributed by atoms with van der Waals surface area (Å²) < 4.78 is 5.27. The topological polar surface area (TPSA) is 41.6 Å². The average molecular weight is 290 g/mol. The molecule has 4 heteroatoms. The van der Waals surface area contributed by atoms with Crippen molar-refractivity contribution in [2.24, 2.45) is 5.92 Å². The lowest BCUT2D eigenvalue weighted by Gasteiger charge is -2.19. The second-order valence-electron chi connectivity index (χ2n) is 5.94. The van der Waals surface area contributed by atoms with Crippen LogP contribution in [0, 0.1) is 5.92 Å². The summed E-state index contributed by atoms with van der Waals surface area (Å²) in [5, 5.41) is 2.99. The Balaban J connectivity index is 1.67. The van der Waals surface area contributed by atoms with Crippen LogP contribution in [0.25, 0.3) is 0 Å². The molecule has 1 N–H and O–H groups in total. The van der Waals surface area contributed by atoms with Crippen molar-refractivity contribution in [2.45, 2.75) is 38.8 Å². The zero-order chi connectivity index (χ0) is 15.1. The molecule has 1 fully saturated rings. The van der Waals surface area contributed by atoms with Gasteiger partial charge in [-0.1, -0.05) is 37.3 Å². The Morgan fingerprint density at radius 1 is 1.33 bits per heavy atom. The Morgan fingerprint density at radius 3 is 2.81 bits per heavy atom. The number of nitrogens with one attached hydrogen (secondary N) is 1. The van der Waals surface area contributed by atoms with E-state index in [-0.39, 0.29) is 12.1 Å². The van der Waals surface area contributed by atoms with E-state index < -0.39 is 0 Å². The van der Waals surface area contributed by atoms with Crippen LogP contribution in [0.1, 0.15) is 31.7 Å². The van der Waals surface area contributed by atoms with Crippen LogP contribution in [0.5, 0.6) is 0 Å². The van der Waals surface area contributed by atoms with E-state index >= 15 is 0 Å². The van der Waals surface area contributed by atoms with Crippen molar-refractivity contribution in [3.63, 3.8) is 0 Å². The lowest BCUT2D eigenvalue weighted by Crippen LogP contribution is -2.34. The largest absolute Gasteiger partial charge is 0.445 e. The van der Waals surface area contributed by atoms with Crippen LogP contribution >= 0.6 is 0 Å². The second-order valence-corrected chi connectivity index (χ2v) is 5.94. The number of alkyl carbamates (subject to hydrolysis) is 1. The average Bonchev–Trinajstić information content (AvgIpc) is 2.93. The highest BCUT2D eigenvalue weighted by molar-refractivity contribution is 5.67. The lowest BCUT2D eigenvalue weighted by molar-refractivity contribution is 0.135. The van der Waals surface area contributed by atoms with Crippen molar-refractivity contribution in [3.8, 4) is 0 Å². The van der Waals surface area contributed by atoms with Gasteiger partial charge in [-0.25, -0.2) is 4.79 Å². The highest BCUT2D eigenvalue weighted by Crippen LogP contribution is 2.26. The molecule has 116 valence electrons. The number of benzene rings is 1. The van der Waals surface area contributed by atoms with Gasteiger partial charge in [-0.05, 0) is 44.3 Å². The standard InChI is InChI=1S/C17H26N2O2/c1-3-19(2)12-15-9-10-16(11-15)18-17(20)21-13-14-7-5-4-6-8-14/h4-8,15-16H,3,9-13H2,1-2H3,(H,18,20)/t15-,16+/m0/s1. The molecule has 2 rings (SSSR count). The van der Waals surface area contributed by atoms with Crippen molar-refractivity contribution in [2.75, 3.05) is 20.1 Å². The van der Waals surface area contributed by atoms with Crippen LogP contribution in [0.2, 0.25) is 0 Å². The summed E-state index contributed by atoms with van der Waals surface area (Å²) >= 11 is 0. The predicted molar refractivity (Wildman–Crippen MR) is 84.1 cm³/mol. The van der Waals surface area contributed by atoms with Gasteiger partial charge in [-0.2, -0.15) is 0 Å². The third-order valence-electron chi connectivity index (χ3n) is 4.19. The van der Waals surface area contributed by atoms with E-state index in [0.717, 1.165) is 31.5 Å². The zero-order valence-corrected chi connectivity index (χ0v) is 13.0. The second kappa shape index (κ2) is 8.03. The molecule has 0 spiro atoms. The van der Waals surface area contributed by atoms with E-state index in [1.54, 1.807) is 0 Å². The summed E-state index contributed by atoms with van der Waals surface area (Å²) in [5.74, 6) is 0.689. The van der Waals surface area contributed by atoms with Crippen molar-refractivity contribution in [3.05, 3.63) is 35.9 Å². The number of rotatable bonds is 6. The van der Waals surface area contributed by atoms with Gasteiger partial charge in [0, 0.05) is 12.6 Å². The molecule has 0 unspecified atom stereocenters. The molecular formula is C17H26N2O2. The Labute approximate surface area is 127 Å². The van der Waals surface area contributed by atoms with Crippen LogP contribution in [0.4, 0.5) is 4.79 Å². The molecule has 1 amide bonds. The van der Waals surface area contributed by atoms with Gasteiger partial charge in [0.15, 0.2) is 0 Å². The first-order valence-electron chi connectivity index (χ1n) is 7.83. The van der Waals surface area contributed by atoms with E-state index in [0.29, 0.717) is 12.5 Å². The van der Waals surface area contributed by atoms with E-state index in [2.05, 4.69) is 24.2 Å². The first-order valence-corrected chi connectivity index (χ1v) is 7.83. The summed E-state index contributed by atoms with van der Waals surface area (Å²) in [6, 6.07) is 10.0. The molecule has 0 bridgehead atoms. The van der Waals surface area contributed by atoms with Crippen LogP contribution < -0.4 is 5.32 Å². The molecule has 0 radical (unpaired) electrons. The SMILES string of the molecule is CCN(C)C[C@H]1CC[C@@H](NC(=O)OCc2ccccc2)C1. The molecule has 1 aromatic carbocycles. The number of hydrogen-bond donors (Lipinski definition) is 1. The lowest BCUT2D eigenvalue weighted by atomic mass is 10.1. The van der Waals surface area contributed by atoms with Gasteiger partial charge in [0.1, 0.15) is 6.61 Å². The summed E-state index contributed by atoms with van der Waals surface area (Å²) in [6.07, 6.45) is 3.01. The minimum absolute atomic E-state index is 0.267. The fourth-order valence-corrected chi connectivity index (χ4v) is 2.87. The number of amides is 1. The highest BCUT2D eigenvalue weighted by Gasteiger charge is 2.26. The summed E-state index contributed by atoms with van der Waals surface area (Å²) in [6.45, 7) is 4.70. The van der Waals surface area contributed by atoms with Crippen LogP contribution in [0.15, 0.2) is 30.3 Å². The fraction of sp³-hybridized carbons (Fsp3) is 0.588. The molecule has 1 aromatic rings. The third-order valence-corrected chi connectivity index (χ3v) is 4.19. The Bertz CT molecular complexity index is 436. The number of carbonyl (C=O) groups is 1. The van der Waals surface area contributed by atoms with E-state index in [9.17, 15) is 4.79 Å². The van der Waals surface area contributed by atoms with E-state index in [4.69, 9.17) is 4.74 Å². The Morgan fingerprint density at radius 2 is 2.10 bits per heavy atom. The Kier molecular flexibility index (Phi) is 6.05. The fourth-order valence-electron chi connectivity index (χ4n) is 2.87. The van der Waals surface area contributed by atoms with Crippen molar-refractivity contribution in [1.82, 2.24) is 10.2 Å².